The summed E-state index contributed by atoms with van der Waals surface area (Å²) in [7, 11) is 0. The quantitative estimate of drug-likeness (QED) is 0.140. The van der Waals surface area contributed by atoms with E-state index in [0.717, 1.165) is 84.7 Å². The van der Waals surface area contributed by atoms with Gasteiger partial charge in [0.25, 0.3) is 0 Å². The number of hydrogen-bond acceptors (Lipinski definition) is 4. The van der Waals surface area contributed by atoms with Crippen molar-refractivity contribution in [3.8, 4) is 11.5 Å². The fraction of sp³-hybridized carbons (Fsp3) is 0.682. The molecule has 0 saturated heterocycles. The predicted molar refractivity (Wildman–Crippen MR) is 211 cm³/mol. The van der Waals surface area contributed by atoms with Crippen LogP contribution in [-0.4, -0.2) is 35.1 Å². The smallest absolute Gasteiger partial charge is 0.227 e. The Morgan fingerprint density at radius 3 is 1.00 bits per heavy atom. The normalized spacial score (nSPS) is 14.0. The zero-order valence-corrected chi connectivity index (χ0v) is 34.2. The third kappa shape index (κ3) is 11.8. The Kier molecular flexibility index (Phi) is 15.1. The summed E-state index contributed by atoms with van der Waals surface area (Å²) in [6.07, 6.45) is 6.98. The van der Waals surface area contributed by atoms with Crippen LogP contribution in [0.25, 0.3) is 0 Å². The van der Waals surface area contributed by atoms with E-state index in [4.69, 9.17) is 0 Å². The van der Waals surface area contributed by atoms with Gasteiger partial charge in [0, 0.05) is 13.1 Å². The minimum absolute atomic E-state index is 0.0463. The summed E-state index contributed by atoms with van der Waals surface area (Å²) in [5.74, 6) is 0.246. The molecule has 0 heterocycles. The van der Waals surface area contributed by atoms with Crippen LogP contribution in [0.5, 0.6) is 11.5 Å². The molecule has 0 aliphatic rings. The fourth-order valence-electron chi connectivity index (χ4n) is 6.75. The number of hydrogen-bond donors (Lipinski definition) is 4. The highest BCUT2D eigenvalue weighted by atomic mass is 16.3. The van der Waals surface area contributed by atoms with Gasteiger partial charge in [-0.1, -0.05) is 147 Å². The van der Waals surface area contributed by atoms with Gasteiger partial charge in [-0.15, -0.1) is 0 Å². The first-order chi connectivity index (χ1) is 22.9. The minimum Gasteiger partial charge on any atom is -0.507 e. The van der Waals surface area contributed by atoms with Crippen LogP contribution in [0.3, 0.4) is 0 Å². The van der Waals surface area contributed by atoms with E-state index in [9.17, 15) is 19.8 Å². The Balaban J connectivity index is 2.00. The van der Waals surface area contributed by atoms with Crippen molar-refractivity contribution < 1.29 is 19.8 Å². The largest absolute Gasteiger partial charge is 0.507 e. The summed E-state index contributed by atoms with van der Waals surface area (Å²) in [6.45, 7) is 30.7. The van der Waals surface area contributed by atoms with Crippen molar-refractivity contribution in [2.75, 3.05) is 13.1 Å². The molecule has 0 saturated carbocycles. The van der Waals surface area contributed by atoms with Crippen molar-refractivity contribution in [1.82, 2.24) is 10.6 Å². The second-order valence-corrected chi connectivity index (χ2v) is 18.6. The Hall–Kier alpha value is -3.02. The first kappa shape index (κ1) is 43.1. The van der Waals surface area contributed by atoms with E-state index in [2.05, 4.69) is 108 Å². The van der Waals surface area contributed by atoms with Crippen LogP contribution in [0.15, 0.2) is 24.3 Å². The molecular formula is C44H72N2O4. The van der Waals surface area contributed by atoms with E-state index in [0.29, 0.717) is 24.6 Å². The Morgan fingerprint density at radius 2 is 0.780 bits per heavy atom. The lowest BCUT2D eigenvalue weighted by Crippen LogP contribution is -2.31. The van der Waals surface area contributed by atoms with Crippen LogP contribution < -0.4 is 10.6 Å². The molecule has 2 aromatic carbocycles. The lowest BCUT2D eigenvalue weighted by molar-refractivity contribution is -0.123. The molecule has 0 aliphatic heterocycles. The second-order valence-electron chi connectivity index (χ2n) is 18.6. The Bertz CT molecular complexity index is 1250. The van der Waals surface area contributed by atoms with Gasteiger partial charge in [-0.3, -0.25) is 9.59 Å². The lowest BCUT2D eigenvalue weighted by Gasteiger charge is -2.30. The average Bonchev–Trinajstić information content (AvgIpc) is 2.97. The van der Waals surface area contributed by atoms with Crippen molar-refractivity contribution in [2.24, 2.45) is 0 Å². The number of benzene rings is 2. The maximum Gasteiger partial charge on any atom is 0.227 e. The van der Waals surface area contributed by atoms with E-state index in [1.165, 1.54) is 0 Å². The number of phenolic OH excluding ortho intramolecular Hbond substituents is 2. The summed E-state index contributed by atoms with van der Waals surface area (Å²) in [4.78, 5) is 27.0. The summed E-state index contributed by atoms with van der Waals surface area (Å²) >= 11 is 0. The Morgan fingerprint density at radius 1 is 0.520 bits per heavy atom. The van der Waals surface area contributed by atoms with E-state index in [1.807, 2.05) is 24.3 Å². The maximum atomic E-state index is 13.5. The molecule has 50 heavy (non-hydrogen) atoms. The van der Waals surface area contributed by atoms with Gasteiger partial charge in [0.1, 0.15) is 11.5 Å². The van der Waals surface area contributed by atoms with Gasteiger partial charge < -0.3 is 20.8 Å². The van der Waals surface area contributed by atoms with Crippen LogP contribution in [-0.2, 0) is 31.2 Å². The molecule has 2 aromatic rings. The highest BCUT2D eigenvalue weighted by Crippen LogP contribution is 2.43. The molecule has 0 fully saturated rings. The van der Waals surface area contributed by atoms with Gasteiger partial charge in [-0.25, -0.2) is 0 Å². The van der Waals surface area contributed by atoms with E-state index < -0.39 is 0 Å². The van der Waals surface area contributed by atoms with E-state index in [1.54, 1.807) is 0 Å². The fourth-order valence-corrected chi connectivity index (χ4v) is 6.75. The molecule has 4 N–H and O–H groups in total. The van der Waals surface area contributed by atoms with Crippen molar-refractivity contribution in [3.05, 3.63) is 57.6 Å². The van der Waals surface area contributed by atoms with Gasteiger partial charge in [0.05, 0.1) is 11.8 Å². The number of rotatable bonds is 15. The first-order valence-corrected chi connectivity index (χ1v) is 19.3. The molecule has 6 heteroatoms. The van der Waals surface area contributed by atoms with Crippen molar-refractivity contribution >= 4 is 11.8 Å². The number of amides is 2. The van der Waals surface area contributed by atoms with Gasteiger partial charge >= 0.3 is 0 Å². The molecule has 0 spiro atoms. The van der Waals surface area contributed by atoms with Crippen LogP contribution in [0.1, 0.15) is 194 Å². The Labute approximate surface area is 305 Å². The van der Waals surface area contributed by atoms with Gasteiger partial charge in [0.15, 0.2) is 0 Å². The number of phenols is 2. The van der Waals surface area contributed by atoms with E-state index >= 15 is 0 Å². The maximum absolute atomic E-state index is 13.5. The molecule has 2 rings (SSSR count). The number of aromatic hydroxyl groups is 2. The van der Waals surface area contributed by atoms with Crippen molar-refractivity contribution in [3.63, 3.8) is 0 Å². The van der Waals surface area contributed by atoms with Crippen LogP contribution in [0.2, 0.25) is 0 Å². The van der Waals surface area contributed by atoms with Gasteiger partial charge in [-0.05, 0) is 80.7 Å². The zero-order chi connectivity index (χ0) is 38.2. The molecule has 2 amide bonds. The van der Waals surface area contributed by atoms with Gasteiger partial charge in [0.2, 0.25) is 11.8 Å². The molecule has 2 atom stereocenters. The molecule has 0 aliphatic carbocycles. The van der Waals surface area contributed by atoms with Crippen molar-refractivity contribution in [2.45, 2.75) is 182 Å². The summed E-state index contributed by atoms with van der Waals surface area (Å²) in [5.41, 5.74) is 4.49. The van der Waals surface area contributed by atoms with E-state index in [-0.39, 0.29) is 45.3 Å². The molecule has 2 unspecified atom stereocenters. The van der Waals surface area contributed by atoms with Crippen LogP contribution >= 0.6 is 0 Å². The molecule has 0 bridgehead atoms. The molecular weight excluding hydrogens is 620 g/mol. The van der Waals surface area contributed by atoms with Crippen LogP contribution in [0, 0.1) is 0 Å². The van der Waals surface area contributed by atoms with Crippen LogP contribution in [0.4, 0.5) is 0 Å². The highest BCUT2D eigenvalue weighted by molar-refractivity contribution is 5.84. The van der Waals surface area contributed by atoms with Crippen molar-refractivity contribution in [1.29, 1.82) is 0 Å². The predicted octanol–water partition coefficient (Wildman–Crippen LogP) is 10.5. The molecule has 0 aromatic heterocycles. The zero-order valence-electron chi connectivity index (χ0n) is 34.2. The number of nitrogens with one attached hydrogen (secondary N) is 2. The second kappa shape index (κ2) is 17.5. The molecule has 282 valence electrons. The number of unbranched alkanes of at least 4 members (excludes halogenated alkanes) is 3. The standard InChI is InChI=1S/C44H72N2O4/c1-15-21-31(29-25-33(41(3,4)5)37(47)34(26-29)42(6,7)8)39(49)45-23-19-17-18-20-24-46-40(50)32(22-16-2)30-27-35(43(9,10)11)38(48)36(28-30)44(12,13)14/h25-28,31-32,47-48H,15-24H2,1-14H3,(H,45,49)(H,46,50). The van der Waals surface area contributed by atoms with Gasteiger partial charge in [-0.2, -0.15) is 0 Å². The number of carbonyl (C=O) groups excluding carboxylic acids is 2. The number of carbonyl (C=O) groups is 2. The summed E-state index contributed by atoms with van der Waals surface area (Å²) < 4.78 is 0. The lowest BCUT2D eigenvalue weighted by atomic mass is 9.76. The monoisotopic (exact) mass is 693 g/mol. The summed E-state index contributed by atoms with van der Waals surface area (Å²) in [6, 6.07) is 8.16. The molecule has 6 nitrogen and oxygen atoms in total. The SMILES string of the molecule is CCCC(C(=O)NCCCCCCNC(=O)C(CCC)c1cc(C(C)(C)C)c(O)c(C(C)(C)C)c1)c1cc(C(C)(C)C)c(O)c(C(C)(C)C)c1. The first-order valence-electron chi connectivity index (χ1n) is 19.3. The minimum atomic E-state index is -0.262. The third-order valence-electron chi connectivity index (χ3n) is 9.79. The molecule has 0 radical (unpaired) electrons. The average molecular weight is 693 g/mol. The summed E-state index contributed by atoms with van der Waals surface area (Å²) in [5, 5.41) is 28.8. The highest BCUT2D eigenvalue weighted by Gasteiger charge is 2.31. The third-order valence-corrected chi connectivity index (χ3v) is 9.79. The topological polar surface area (TPSA) is 98.7 Å².